The molecule has 17 heavy (non-hydrogen) atoms. The van der Waals surface area contributed by atoms with E-state index in [0.29, 0.717) is 13.0 Å². The fraction of sp³-hybridized carbons (Fsp3) is 0.700. The molecule has 2 fully saturated rings. The van der Waals surface area contributed by atoms with Gasteiger partial charge in [0.15, 0.2) is 0 Å². The molecule has 0 aromatic carbocycles. The van der Waals surface area contributed by atoms with Gasteiger partial charge in [0.25, 0.3) is 5.91 Å². The first kappa shape index (κ1) is 11.8. The summed E-state index contributed by atoms with van der Waals surface area (Å²) in [5.74, 6) is -0.649. The van der Waals surface area contributed by atoms with Gasteiger partial charge in [-0.3, -0.25) is 14.5 Å². The monoisotopic (exact) mass is 241 g/mol. The summed E-state index contributed by atoms with van der Waals surface area (Å²) in [4.78, 5) is 38.5. The lowest BCUT2D eigenvalue weighted by Gasteiger charge is -2.19. The van der Waals surface area contributed by atoms with Gasteiger partial charge in [-0.15, -0.1) is 0 Å². The van der Waals surface area contributed by atoms with Crippen LogP contribution in [0.5, 0.6) is 0 Å². The molecular formula is C10H15N3O4. The fourth-order valence-electron chi connectivity index (χ4n) is 2.03. The zero-order chi connectivity index (χ0) is 12.6. The summed E-state index contributed by atoms with van der Waals surface area (Å²) >= 11 is 0. The zero-order valence-electron chi connectivity index (χ0n) is 9.63. The summed E-state index contributed by atoms with van der Waals surface area (Å²) in [7, 11) is 1.52. The van der Waals surface area contributed by atoms with E-state index < -0.39 is 12.1 Å². The number of nitrogens with zero attached hydrogens (tertiary/aromatic N) is 3. The normalized spacial score (nSPS) is 25.1. The molecule has 1 N–H and O–H groups in total. The van der Waals surface area contributed by atoms with E-state index in [2.05, 4.69) is 0 Å². The van der Waals surface area contributed by atoms with E-state index in [1.165, 1.54) is 16.8 Å². The Morgan fingerprint density at radius 2 is 2.18 bits per heavy atom. The lowest BCUT2D eigenvalue weighted by molar-refractivity contribution is -0.136. The maximum atomic E-state index is 11.8. The van der Waals surface area contributed by atoms with Crippen LogP contribution in [0.4, 0.5) is 4.79 Å². The molecule has 0 spiro atoms. The maximum Gasteiger partial charge on any atom is 0.327 e. The highest BCUT2D eigenvalue weighted by Crippen LogP contribution is 2.12. The van der Waals surface area contributed by atoms with E-state index >= 15 is 0 Å². The van der Waals surface area contributed by atoms with Gasteiger partial charge in [0.1, 0.15) is 13.1 Å². The van der Waals surface area contributed by atoms with Gasteiger partial charge < -0.3 is 14.9 Å². The number of β-amino-alcohol motifs (C(OH)–C–C–N with tert-alkyl or cyclic N) is 1. The molecule has 0 radical (unpaired) electrons. The van der Waals surface area contributed by atoms with Crippen molar-refractivity contribution in [1.29, 1.82) is 0 Å². The van der Waals surface area contributed by atoms with Crippen molar-refractivity contribution >= 4 is 17.8 Å². The number of imide groups is 1. The summed E-state index contributed by atoms with van der Waals surface area (Å²) in [6, 6.07) is -0.442. The molecule has 7 nitrogen and oxygen atoms in total. The SMILES string of the molecule is CN1CC(=O)N(CC(=O)N2CC[C@@H](O)C2)C1=O. The molecule has 2 aliphatic rings. The third-order valence-electron chi connectivity index (χ3n) is 3.04. The second-order valence-electron chi connectivity index (χ2n) is 4.40. The first-order chi connectivity index (χ1) is 7.99. The van der Waals surface area contributed by atoms with Crippen molar-refractivity contribution in [2.75, 3.05) is 33.2 Å². The Hall–Kier alpha value is -1.63. The van der Waals surface area contributed by atoms with Crippen LogP contribution in [0.3, 0.4) is 0 Å². The Morgan fingerprint density at radius 1 is 1.47 bits per heavy atom. The Labute approximate surface area is 98.6 Å². The molecule has 94 valence electrons. The summed E-state index contributed by atoms with van der Waals surface area (Å²) < 4.78 is 0. The molecule has 7 heteroatoms. The highest BCUT2D eigenvalue weighted by atomic mass is 16.3. The van der Waals surface area contributed by atoms with Crippen molar-refractivity contribution in [3.63, 3.8) is 0 Å². The molecule has 2 rings (SSSR count). The summed E-state index contributed by atoms with van der Waals surface area (Å²) in [5, 5.41) is 9.31. The number of hydrogen-bond acceptors (Lipinski definition) is 4. The van der Waals surface area contributed by atoms with E-state index in [-0.39, 0.29) is 31.4 Å². The summed E-state index contributed by atoms with van der Waals surface area (Å²) in [6.07, 6.45) is 0.0553. The molecule has 0 saturated carbocycles. The topological polar surface area (TPSA) is 81.2 Å². The third kappa shape index (κ3) is 2.23. The first-order valence-electron chi connectivity index (χ1n) is 5.50. The standard InChI is InChI=1S/C10H15N3O4/c1-11-5-9(16)13(10(11)17)6-8(15)12-3-2-7(14)4-12/h7,14H,2-6H2,1H3/t7-/m1/s1. The quantitative estimate of drug-likeness (QED) is 0.595. The second-order valence-corrected chi connectivity index (χ2v) is 4.40. The van der Waals surface area contributed by atoms with Crippen LogP contribution >= 0.6 is 0 Å². The Balaban J connectivity index is 1.95. The molecule has 2 saturated heterocycles. The van der Waals surface area contributed by atoms with Crippen LogP contribution in [0.2, 0.25) is 0 Å². The van der Waals surface area contributed by atoms with Crippen LogP contribution < -0.4 is 0 Å². The van der Waals surface area contributed by atoms with E-state index in [9.17, 15) is 19.5 Å². The molecule has 0 aromatic rings. The van der Waals surface area contributed by atoms with Gasteiger partial charge in [0, 0.05) is 20.1 Å². The predicted octanol–water partition coefficient (Wildman–Crippen LogP) is -1.53. The minimum atomic E-state index is -0.494. The summed E-state index contributed by atoms with van der Waals surface area (Å²) in [5.41, 5.74) is 0. The lowest BCUT2D eigenvalue weighted by Crippen LogP contribution is -2.42. The van der Waals surface area contributed by atoms with Crippen LogP contribution in [0.25, 0.3) is 0 Å². The number of aliphatic hydroxyl groups is 1. The van der Waals surface area contributed by atoms with Gasteiger partial charge in [-0.1, -0.05) is 0 Å². The molecule has 2 heterocycles. The average Bonchev–Trinajstić information content (AvgIpc) is 2.79. The number of hydrogen-bond donors (Lipinski definition) is 1. The fourth-order valence-corrected chi connectivity index (χ4v) is 2.03. The molecule has 0 aromatic heterocycles. The molecule has 4 amide bonds. The van der Waals surface area contributed by atoms with E-state index in [0.717, 1.165) is 4.90 Å². The van der Waals surface area contributed by atoms with Crippen LogP contribution in [-0.2, 0) is 9.59 Å². The third-order valence-corrected chi connectivity index (χ3v) is 3.04. The smallest absolute Gasteiger partial charge is 0.327 e. The molecule has 1 atom stereocenters. The average molecular weight is 241 g/mol. The highest BCUT2D eigenvalue weighted by molar-refractivity contribution is 6.04. The van der Waals surface area contributed by atoms with Crippen LogP contribution in [0, 0.1) is 0 Å². The van der Waals surface area contributed by atoms with E-state index in [1.54, 1.807) is 0 Å². The number of rotatable bonds is 2. The highest BCUT2D eigenvalue weighted by Gasteiger charge is 2.36. The van der Waals surface area contributed by atoms with Crippen molar-refractivity contribution in [2.45, 2.75) is 12.5 Å². The van der Waals surface area contributed by atoms with Gasteiger partial charge in [-0.2, -0.15) is 0 Å². The van der Waals surface area contributed by atoms with Crippen LogP contribution in [0.1, 0.15) is 6.42 Å². The van der Waals surface area contributed by atoms with Gasteiger partial charge in [0.05, 0.1) is 6.10 Å². The number of likely N-dealkylation sites (N-methyl/N-ethyl adjacent to an activating group) is 1. The number of aliphatic hydroxyl groups excluding tert-OH is 1. The number of carbonyl (C=O) groups excluding carboxylic acids is 3. The van der Waals surface area contributed by atoms with Gasteiger partial charge >= 0.3 is 6.03 Å². The summed E-state index contributed by atoms with van der Waals surface area (Å²) in [6.45, 7) is 0.556. The maximum absolute atomic E-state index is 11.8. The van der Waals surface area contributed by atoms with Crippen molar-refractivity contribution in [2.24, 2.45) is 0 Å². The molecule has 0 aliphatic carbocycles. The van der Waals surface area contributed by atoms with E-state index in [4.69, 9.17) is 0 Å². The zero-order valence-corrected chi connectivity index (χ0v) is 9.63. The lowest BCUT2D eigenvalue weighted by atomic mass is 10.3. The van der Waals surface area contributed by atoms with Crippen molar-refractivity contribution in [3.8, 4) is 0 Å². The number of likely N-dealkylation sites (tertiary alicyclic amines) is 1. The minimum absolute atomic E-state index is 0.0226. The predicted molar refractivity (Wildman–Crippen MR) is 56.9 cm³/mol. The Morgan fingerprint density at radius 3 is 2.65 bits per heavy atom. The number of carbonyl (C=O) groups is 3. The van der Waals surface area contributed by atoms with Gasteiger partial charge in [-0.05, 0) is 6.42 Å². The first-order valence-corrected chi connectivity index (χ1v) is 5.50. The molecular weight excluding hydrogens is 226 g/mol. The molecule has 0 bridgehead atoms. The molecule has 0 unspecified atom stereocenters. The number of urea groups is 1. The molecule has 2 aliphatic heterocycles. The van der Waals surface area contributed by atoms with Gasteiger partial charge in [-0.25, -0.2) is 4.79 Å². The Bertz CT molecular complexity index is 371. The van der Waals surface area contributed by atoms with E-state index in [1.807, 2.05) is 0 Å². The van der Waals surface area contributed by atoms with Crippen LogP contribution in [0.15, 0.2) is 0 Å². The largest absolute Gasteiger partial charge is 0.391 e. The Kier molecular flexibility index (Phi) is 3.01. The van der Waals surface area contributed by atoms with Crippen molar-refractivity contribution in [1.82, 2.24) is 14.7 Å². The van der Waals surface area contributed by atoms with Gasteiger partial charge in [0.2, 0.25) is 5.91 Å². The number of amides is 4. The van der Waals surface area contributed by atoms with Crippen LogP contribution in [-0.4, -0.2) is 77.0 Å². The van der Waals surface area contributed by atoms with Crippen molar-refractivity contribution < 1.29 is 19.5 Å². The van der Waals surface area contributed by atoms with Crippen molar-refractivity contribution in [3.05, 3.63) is 0 Å². The minimum Gasteiger partial charge on any atom is -0.391 e. The second kappa shape index (κ2) is 4.33.